The number of aromatic nitrogens is 1. The first-order chi connectivity index (χ1) is 10.0. The molecule has 0 radical (unpaired) electrons. The van der Waals surface area contributed by atoms with E-state index in [-0.39, 0.29) is 17.5 Å². The summed E-state index contributed by atoms with van der Waals surface area (Å²) in [5, 5.41) is 12.4. The highest BCUT2D eigenvalue weighted by Gasteiger charge is 2.34. The van der Waals surface area contributed by atoms with E-state index >= 15 is 0 Å². The number of pyridine rings is 1. The summed E-state index contributed by atoms with van der Waals surface area (Å²) in [5.74, 6) is -0.418. The first-order valence-electron chi connectivity index (χ1n) is 7.29. The van der Waals surface area contributed by atoms with Crippen LogP contribution in [0, 0.1) is 12.8 Å². The number of aromatic carboxylic acids is 1. The van der Waals surface area contributed by atoms with E-state index in [9.17, 15) is 14.7 Å². The Morgan fingerprint density at radius 3 is 3.05 bits per heavy atom. The first-order valence-corrected chi connectivity index (χ1v) is 7.29. The van der Waals surface area contributed by atoms with Crippen molar-refractivity contribution in [3.8, 4) is 0 Å². The standard InChI is InChI=1S/C15H19N3O3/c1-9-6-13(11(7-16-9)15(20)21)18-5-4-12-10(8-18)2-3-14(19)17-12/h6-7,10,12H,2-5,8H2,1H3,(H,17,19)(H,20,21). The molecule has 0 saturated carbocycles. The number of nitrogens with one attached hydrogen (secondary N) is 1. The average Bonchev–Trinajstić information content (AvgIpc) is 2.46. The maximum atomic E-state index is 11.4. The van der Waals surface area contributed by atoms with E-state index in [2.05, 4.69) is 15.2 Å². The number of nitrogens with zero attached hydrogens (tertiary/aromatic N) is 2. The topological polar surface area (TPSA) is 82.5 Å². The number of piperidine rings is 2. The third-order valence-electron chi connectivity index (χ3n) is 4.41. The molecule has 0 aliphatic carbocycles. The van der Waals surface area contributed by atoms with Gasteiger partial charge < -0.3 is 15.3 Å². The van der Waals surface area contributed by atoms with Gasteiger partial charge in [0.05, 0.1) is 5.69 Å². The fourth-order valence-corrected chi connectivity index (χ4v) is 3.30. The SMILES string of the molecule is Cc1cc(N2CCC3NC(=O)CCC3C2)c(C(=O)O)cn1. The van der Waals surface area contributed by atoms with Gasteiger partial charge in [0.1, 0.15) is 5.56 Å². The number of hydrogen-bond acceptors (Lipinski definition) is 4. The molecule has 0 spiro atoms. The first kappa shape index (κ1) is 13.9. The van der Waals surface area contributed by atoms with Gasteiger partial charge in [-0.15, -0.1) is 0 Å². The lowest BCUT2D eigenvalue weighted by atomic mass is 9.85. The van der Waals surface area contributed by atoms with Crippen LogP contribution in [0.5, 0.6) is 0 Å². The fraction of sp³-hybridized carbons (Fsp3) is 0.533. The van der Waals surface area contributed by atoms with Crippen LogP contribution in [0.2, 0.25) is 0 Å². The molecule has 2 aliphatic rings. The van der Waals surface area contributed by atoms with Crippen molar-refractivity contribution in [2.45, 2.75) is 32.2 Å². The van der Waals surface area contributed by atoms with E-state index in [0.29, 0.717) is 12.3 Å². The molecule has 6 nitrogen and oxygen atoms in total. The second-order valence-corrected chi connectivity index (χ2v) is 5.86. The number of carboxylic acid groups (broad SMARTS) is 1. The zero-order valence-corrected chi connectivity index (χ0v) is 12.0. The normalized spacial score (nSPS) is 25.2. The van der Waals surface area contributed by atoms with Crippen LogP contribution in [0.4, 0.5) is 5.69 Å². The van der Waals surface area contributed by atoms with Crippen LogP contribution < -0.4 is 10.2 Å². The highest BCUT2D eigenvalue weighted by atomic mass is 16.4. The van der Waals surface area contributed by atoms with Gasteiger partial charge in [-0.05, 0) is 31.7 Å². The monoisotopic (exact) mass is 289 g/mol. The van der Waals surface area contributed by atoms with Gasteiger partial charge in [0.15, 0.2) is 0 Å². The predicted octanol–water partition coefficient (Wildman–Crippen LogP) is 1.19. The van der Waals surface area contributed by atoms with Gasteiger partial charge in [-0.2, -0.15) is 0 Å². The summed E-state index contributed by atoms with van der Waals surface area (Å²) in [6, 6.07) is 2.07. The van der Waals surface area contributed by atoms with Crippen molar-refractivity contribution in [2.24, 2.45) is 5.92 Å². The van der Waals surface area contributed by atoms with E-state index in [1.807, 2.05) is 13.0 Å². The highest BCUT2D eigenvalue weighted by Crippen LogP contribution is 2.30. The van der Waals surface area contributed by atoms with Crippen molar-refractivity contribution < 1.29 is 14.7 Å². The summed E-state index contributed by atoms with van der Waals surface area (Å²) in [4.78, 5) is 29.0. The molecule has 1 aromatic rings. The van der Waals surface area contributed by atoms with Crippen molar-refractivity contribution in [3.63, 3.8) is 0 Å². The van der Waals surface area contributed by atoms with Crippen LogP contribution in [0.25, 0.3) is 0 Å². The predicted molar refractivity (Wildman–Crippen MR) is 77.4 cm³/mol. The lowest BCUT2D eigenvalue weighted by Crippen LogP contribution is -2.54. The Morgan fingerprint density at radius 1 is 1.48 bits per heavy atom. The van der Waals surface area contributed by atoms with Gasteiger partial charge >= 0.3 is 5.97 Å². The molecule has 0 bridgehead atoms. The molecule has 2 unspecified atom stereocenters. The summed E-state index contributed by atoms with van der Waals surface area (Å²) in [6.07, 6.45) is 3.73. The number of carbonyl (C=O) groups is 2. The third kappa shape index (κ3) is 2.70. The molecule has 3 heterocycles. The lowest BCUT2D eigenvalue weighted by molar-refractivity contribution is -0.124. The zero-order chi connectivity index (χ0) is 15.0. The molecule has 2 aliphatic heterocycles. The Hall–Kier alpha value is -2.11. The molecule has 1 amide bonds. The molecule has 0 aromatic carbocycles. The quantitative estimate of drug-likeness (QED) is 0.854. The summed E-state index contributed by atoms with van der Waals surface area (Å²) in [7, 11) is 0. The summed E-state index contributed by atoms with van der Waals surface area (Å²) < 4.78 is 0. The Balaban J connectivity index is 1.84. The van der Waals surface area contributed by atoms with Crippen LogP contribution >= 0.6 is 0 Å². The molecular weight excluding hydrogens is 270 g/mol. The van der Waals surface area contributed by atoms with Crippen molar-refractivity contribution in [2.75, 3.05) is 18.0 Å². The number of carboxylic acids is 1. The number of amides is 1. The van der Waals surface area contributed by atoms with Gasteiger partial charge in [0.25, 0.3) is 0 Å². The molecule has 112 valence electrons. The van der Waals surface area contributed by atoms with E-state index in [1.165, 1.54) is 6.20 Å². The second kappa shape index (κ2) is 5.35. The Morgan fingerprint density at radius 2 is 2.29 bits per heavy atom. The van der Waals surface area contributed by atoms with Crippen molar-refractivity contribution in [1.82, 2.24) is 10.3 Å². The summed E-state index contributed by atoms with van der Waals surface area (Å²) >= 11 is 0. The van der Waals surface area contributed by atoms with Crippen LogP contribution in [-0.4, -0.2) is 41.1 Å². The Kier molecular flexibility index (Phi) is 3.53. The molecule has 3 rings (SSSR count). The van der Waals surface area contributed by atoms with Gasteiger partial charge in [-0.1, -0.05) is 0 Å². The fourth-order valence-electron chi connectivity index (χ4n) is 3.30. The molecule has 2 fully saturated rings. The minimum atomic E-state index is -0.948. The van der Waals surface area contributed by atoms with E-state index in [0.717, 1.165) is 37.3 Å². The number of fused-ring (bicyclic) bond motifs is 1. The number of aryl methyl sites for hydroxylation is 1. The molecular formula is C15H19N3O3. The van der Waals surface area contributed by atoms with Gasteiger partial charge in [-0.3, -0.25) is 9.78 Å². The smallest absolute Gasteiger partial charge is 0.339 e. The molecule has 2 saturated heterocycles. The molecule has 1 aromatic heterocycles. The molecule has 2 N–H and O–H groups in total. The maximum Gasteiger partial charge on any atom is 0.339 e. The number of carbonyl (C=O) groups excluding carboxylic acids is 1. The van der Waals surface area contributed by atoms with Crippen molar-refractivity contribution >= 4 is 17.6 Å². The van der Waals surface area contributed by atoms with E-state index in [4.69, 9.17) is 0 Å². The van der Waals surface area contributed by atoms with Crippen LogP contribution in [0.1, 0.15) is 35.3 Å². The number of hydrogen-bond donors (Lipinski definition) is 2. The van der Waals surface area contributed by atoms with Gasteiger partial charge in [-0.25, -0.2) is 4.79 Å². The summed E-state index contributed by atoms with van der Waals surface area (Å²) in [5.41, 5.74) is 1.80. The average molecular weight is 289 g/mol. The van der Waals surface area contributed by atoms with E-state index in [1.54, 1.807) is 0 Å². The van der Waals surface area contributed by atoms with E-state index < -0.39 is 5.97 Å². The van der Waals surface area contributed by atoms with Gasteiger partial charge in [0, 0.05) is 37.4 Å². The van der Waals surface area contributed by atoms with Crippen LogP contribution in [0.15, 0.2) is 12.3 Å². The molecule has 6 heteroatoms. The minimum Gasteiger partial charge on any atom is -0.478 e. The largest absolute Gasteiger partial charge is 0.478 e. The van der Waals surface area contributed by atoms with Crippen molar-refractivity contribution in [3.05, 3.63) is 23.5 Å². The lowest BCUT2D eigenvalue weighted by Gasteiger charge is -2.42. The Bertz CT molecular complexity index is 588. The highest BCUT2D eigenvalue weighted by molar-refractivity contribution is 5.94. The maximum absolute atomic E-state index is 11.4. The second-order valence-electron chi connectivity index (χ2n) is 5.86. The van der Waals surface area contributed by atoms with Gasteiger partial charge in [0.2, 0.25) is 5.91 Å². The van der Waals surface area contributed by atoms with Crippen LogP contribution in [-0.2, 0) is 4.79 Å². The van der Waals surface area contributed by atoms with Crippen molar-refractivity contribution in [1.29, 1.82) is 0 Å². The molecule has 2 atom stereocenters. The third-order valence-corrected chi connectivity index (χ3v) is 4.41. The van der Waals surface area contributed by atoms with Crippen LogP contribution in [0.3, 0.4) is 0 Å². The molecule has 21 heavy (non-hydrogen) atoms. The summed E-state index contributed by atoms with van der Waals surface area (Å²) in [6.45, 7) is 3.41. The zero-order valence-electron chi connectivity index (χ0n) is 12.0. The Labute approximate surface area is 123 Å². The number of rotatable bonds is 2. The number of anilines is 1. The minimum absolute atomic E-state index is 0.135.